The molecule has 1 aromatic carbocycles. The van der Waals surface area contributed by atoms with Crippen molar-refractivity contribution in [1.29, 1.82) is 0 Å². The summed E-state index contributed by atoms with van der Waals surface area (Å²) in [7, 11) is -3.51. The predicted molar refractivity (Wildman–Crippen MR) is 95.0 cm³/mol. The van der Waals surface area contributed by atoms with Gasteiger partial charge in [0.15, 0.2) is 0 Å². The van der Waals surface area contributed by atoms with Gasteiger partial charge in [0, 0.05) is 26.2 Å². The van der Waals surface area contributed by atoms with E-state index in [4.69, 9.17) is 4.74 Å². The van der Waals surface area contributed by atoms with Crippen molar-refractivity contribution in [3.05, 3.63) is 29.3 Å². The molecule has 1 heterocycles. The van der Waals surface area contributed by atoms with Gasteiger partial charge in [-0.1, -0.05) is 6.07 Å². The van der Waals surface area contributed by atoms with E-state index in [-0.39, 0.29) is 6.09 Å². The first-order valence-corrected chi connectivity index (χ1v) is 10.2. The Morgan fingerprint density at radius 1 is 1.04 bits per heavy atom. The number of carbonyl (C=O) groups is 1. The molecule has 0 saturated carbocycles. The van der Waals surface area contributed by atoms with Crippen molar-refractivity contribution >= 4 is 16.1 Å². The Hall–Kier alpha value is -1.60. The molecule has 0 N–H and O–H groups in total. The number of rotatable bonds is 2. The molecule has 1 amide bonds. The second-order valence-electron chi connectivity index (χ2n) is 7.66. The minimum absolute atomic E-state index is 0.290. The Labute approximate surface area is 149 Å². The Balaban J connectivity index is 1.67. The van der Waals surface area contributed by atoms with Crippen LogP contribution in [0, 0.1) is 0 Å². The van der Waals surface area contributed by atoms with Crippen LogP contribution in [-0.4, -0.2) is 55.5 Å². The van der Waals surface area contributed by atoms with Crippen molar-refractivity contribution in [2.24, 2.45) is 0 Å². The average Bonchev–Trinajstić information content (AvgIpc) is 3.01. The topological polar surface area (TPSA) is 66.9 Å². The fraction of sp³-hybridized carbons (Fsp3) is 0.611. The van der Waals surface area contributed by atoms with Crippen LogP contribution in [0.4, 0.5) is 4.79 Å². The molecule has 0 unspecified atom stereocenters. The number of fused-ring (bicyclic) bond motifs is 1. The van der Waals surface area contributed by atoms with Crippen LogP contribution < -0.4 is 0 Å². The van der Waals surface area contributed by atoms with E-state index in [9.17, 15) is 13.2 Å². The van der Waals surface area contributed by atoms with Crippen LogP contribution in [0.3, 0.4) is 0 Å². The molecule has 3 rings (SSSR count). The molecule has 2 aliphatic rings. The van der Waals surface area contributed by atoms with Crippen LogP contribution in [0.1, 0.15) is 38.3 Å². The van der Waals surface area contributed by atoms with Crippen molar-refractivity contribution in [2.45, 2.75) is 50.5 Å². The van der Waals surface area contributed by atoms with E-state index in [0.29, 0.717) is 31.1 Å². The zero-order valence-electron chi connectivity index (χ0n) is 15.1. The minimum Gasteiger partial charge on any atom is -0.444 e. The van der Waals surface area contributed by atoms with Crippen LogP contribution in [0.15, 0.2) is 23.1 Å². The van der Waals surface area contributed by atoms with Gasteiger partial charge in [0.1, 0.15) is 5.60 Å². The molecule has 1 aliphatic carbocycles. The Morgan fingerprint density at radius 2 is 1.68 bits per heavy atom. The number of carbonyl (C=O) groups excluding carboxylic acids is 1. The molecular weight excluding hydrogens is 340 g/mol. The van der Waals surface area contributed by atoms with Crippen LogP contribution in [0.2, 0.25) is 0 Å². The first kappa shape index (κ1) is 18.2. The van der Waals surface area contributed by atoms with E-state index in [0.717, 1.165) is 24.8 Å². The number of benzene rings is 1. The molecule has 7 heteroatoms. The van der Waals surface area contributed by atoms with Crippen molar-refractivity contribution in [1.82, 2.24) is 9.21 Å². The first-order valence-electron chi connectivity index (χ1n) is 8.77. The lowest BCUT2D eigenvalue weighted by Crippen LogP contribution is -2.51. The van der Waals surface area contributed by atoms with Gasteiger partial charge in [-0.2, -0.15) is 4.31 Å². The SMILES string of the molecule is CC(C)(C)OC(=O)N1CCN(S(=O)(=O)c2ccc3c(c2)CCC3)CC1. The first-order chi connectivity index (χ1) is 11.7. The van der Waals surface area contributed by atoms with E-state index in [2.05, 4.69) is 0 Å². The second-order valence-corrected chi connectivity index (χ2v) is 9.59. The number of amides is 1. The van der Waals surface area contributed by atoms with E-state index in [1.165, 1.54) is 9.87 Å². The summed E-state index contributed by atoms with van der Waals surface area (Å²) in [6.07, 6.45) is 2.69. The van der Waals surface area contributed by atoms with Crippen LogP contribution in [-0.2, 0) is 27.6 Å². The summed E-state index contributed by atoms with van der Waals surface area (Å²) < 4.78 is 32.6. The summed E-state index contributed by atoms with van der Waals surface area (Å²) >= 11 is 0. The quantitative estimate of drug-likeness (QED) is 0.806. The van der Waals surface area contributed by atoms with Gasteiger partial charge in [-0.05, 0) is 63.3 Å². The number of aryl methyl sites for hydroxylation is 2. The third-order valence-electron chi connectivity index (χ3n) is 4.60. The maximum absolute atomic E-state index is 12.9. The maximum Gasteiger partial charge on any atom is 0.410 e. The van der Waals surface area contributed by atoms with Crippen LogP contribution in [0.25, 0.3) is 0 Å². The molecule has 6 nitrogen and oxygen atoms in total. The smallest absolute Gasteiger partial charge is 0.410 e. The molecule has 0 atom stereocenters. The highest BCUT2D eigenvalue weighted by Gasteiger charge is 2.32. The Kier molecular flexibility index (Phi) is 4.81. The fourth-order valence-corrected chi connectivity index (χ4v) is 4.77. The van der Waals surface area contributed by atoms with Crippen molar-refractivity contribution < 1.29 is 17.9 Å². The third kappa shape index (κ3) is 3.98. The van der Waals surface area contributed by atoms with Gasteiger partial charge in [0.2, 0.25) is 10.0 Å². The summed E-state index contributed by atoms with van der Waals surface area (Å²) in [5, 5.41) is 0. The largest absolute Gasteiger partial charge is 0.444 e. The highest BCUT2D eigenvalue weighted by molar-refractivity contribution is 7.89. The summed E-state index contributed by atoms with van der Waals surface area (Å²) in [6, 6.07) is 5.46. The van der Waals surface area contributed by atoms with Crippen molar-refractivity contribution in [3.63, 3.8) is 0 Å². The van der Waals surface area contributed by atoms with Crippen LogP contribution >= 0.6 is 0 Å². The van der Waals surface area contributed by atoms with E-state index >= 15 is 0 Å². The molecule has 1 aliphatic heterocycles. The number of nitrogens with zero attached hydrogens (tertiary/aromatic N) is 2. The lowest BCUT2D eigenvalue weighted by atomic mass is 10.1. The fourth-order valence-electron chi connectivity index (χ4n) is 3.30. The van der Waals surface area contributed by atoms with E-state index in [1.54, 1.807) is 11.0 Å². The van der Waals surface area contributed by atoms with Crippen molar-refractivity contribution in [2.75, 3.05) is 26.2 Å². The van der Waals surface area contributed by atoms with Gasteiger partial charge in [0.05, 0.1) is 4.90 Å². The van der Waals surface area contributed by atoms with Gasteiger partial charge in [-0.3, -0.25) is 0 Å². The number of hydrogen-bond donors (Lipinski definition) is 0. The number of hydrogen-bond acceptors (Lipinski definition) is 4. The number of sulfonamides is 1. The zero-order chi connectivity index (χ0) is 18.2. The highest BCUT2D eigenvalue weighted by Crippen LogP contribution is 2.26. The number of ether oxygens (including phenoxy) is 1. The van der Waals surface area contributed by atoms with Gasteiger partial charge >= 0.3 is 6.09 Å². The summed E-state index contributed by atoms with van der Waals surface area (Å²) in [4.78, 5) is 14.0. The Morgan fingerprint density at radius 3 is 2.32 bits per heavy atom. The second kappa shape index (κ2) is 6.61. The average molecular weight is 366 g/mol. The van der Waals surface area contributed by atoms with Gasteiger partial charge in [-0.25, -0.2) is 13.2 Å². The van der Waals surface area contributed by atoms with E-state index < -0.39 is 15.6 Å². The van der Waals surface area contributed by atoms with Gasteiger partial charge < -0.3 is 9.64 Å². The molecule has 1 saturated heterocycles. The molecule has 0 bridgehead atoms. The molecule has 0 spiro atoms. The maximum atomic E-state index is 12.9. The lowest BCUT2D eigenvalue weighted by Gasteiger charge is -2.35. The minimum atomic E-state index is -3.51. The monoisotopic (exact) mass is 366 g/mol. The molecule has 0 aromatic heterocycles. The molecular formula is C18H26N2O4S. The lowest BCUT2D eigenvalue weighted by molar-refractivity contribution is 0.0192. The molecule has 25 heavy (non-hydrogen) atoms. The molecule has 1 fully saturated rings. The normalized spacial score (nSPS) is 18.9. The van der Waals surface area contributed by atoms with E-state index in [1.807, 2.05) is 32.9 Å². The molecule has 138 valence electrons. The zero-order valence-corrected chi connectivity index (χ0v) is 15.9. The summed E-state index contributed by atoms with van der Waals surface area (Å²) in [5.74, 6) is 0. The summed E-state index contributed by atoms with van der Waals surface area (Å²) in [6.45, 7) is 6.73. The highest BCUT2D eigenvalue weighted by atomic mass is 32.2. The molecule has 1 aromatic rings. The van der Waals surface area contributed by atoms with Crippen LogP contribution in [0.5, 0.6) is 0 Å². The van der Waals surface area contributed by atoms with Gasteiger partial charge in [0.25, 0.3) is 0 Å². The third-order valence-corrected chi connectivity index (χ3v) is 6.49. The molecule has 0 radical (unpaired) electrons. The van der Waals surface area contributed by atoms with Crippen molar-refractivity contribution in [3.8, 4) is 0 Å². The van der Waals surface area contributed by atoms with Gasteiger partial charge in [-0.15, -0.1) is 0 Å². The number of piperazine rings is 1. The Bertz CT molecular complexity index is 760. The summed E-state index contributed by atoms with van der Waals surface area (Å²) in [5.41, 5.74) is 1.85. The predicted octanol–water partition coefficient (Wildman–Crippen LogP) is 2.42. The standard InChI is InChI=1S/C18H26N2O4S/c1-18(2,3)24-17(21)19-9-11-20(12-10-19)25(22,23)16-8-7-14-5-4-6-15(14)13-16/h7-8,13H,4-6,9-12H2,1-3H3.